The minimum absolute atomic E-state index is 0.0139. The van der Waals surface area contributed by atoms with Crippen molar-refractivity contribution in [2.75, 3.05) is 25.4 Å². The number of aromatic nitrogens is 1. The second kappa shape index (κ2) is 7.47. The Balaban J connectivity index is 1.59. The Morgan fingerprint density at radius 1 is 1.53 bits per heavy atom. The summed E-state index contributed by atoms with van der Waals surface area (Å²) in [7, 11) is 0. The van der Waals surface area contributed by atoms with Crippen LogP contribution in [0.2, 0.25) is 0 Å². The lowest BCUT2D eigenvalue weighted by molar-refractivity contribution is -0.118. The summed E-state index contributed by atoms with van der Waals surface area (Å²) in [5.74, 6) is 1.30. The van der Waals surface area contributed by atoms with E-state index in [9.17, 15) is 9.90 Å². The van der Waals surface area contributed by atoms with Crippen LogP contribution < -0.4 is 10.6 Å². The highest BCUT2D eigenvalue weighted by molar-refractivity contribution is 7.99. The van der Waals surface area contributed by atoms with Crippen molar-refractivity contribution >= 4 is 17.7 Å². The molecule has 104 valence electrons. The molecule has 1 aliphatic rings. The van der Waals surface area contributed by atoms with E-state index >= 15 is 0 Å². The Kier molecular flexibility index (Phi) is 5.62. The number of thioether (sulfide) groups is 1. The molecule has 2 atom stereocenters. The maximum atomic E-state index is 11.6. The van der Waals surface area contributed by atoms with E-state index in [1.54, 1.807) is 18.0 Å². The average Bonchev–Trinajstić information content (AvgIpc) is 2.83. The third-order valence-corrected chi connectivity index (χ3v) is 4.04. The molecule has 0 aromatic carbocycles. The smallest absolute Gasteiger partial charge is 0.230 e. The minimum atomic E-state index is -0.346. The fourth-order valence-electron chi connectivity index (χ4n) is 1.96. The van der Waals surface area contributed by atoms with Crippen LogP contribution in [0.25, 0.3) is 0 Å². The quantitative estimate of drug-likeness (QED) is 0.685. The molecule has 3 N–H and O–H groups in total. The molecule has 1 amide bonds. The van der Waals surface area contributed by atoms with Gasteiger partial charge in [-0.25, -0.2) is 0 Å². The van der Waals surface area contributed by atoms with Gasteiger partial charge in [-0.3, -0.25) is 9.78 Å². The van der Waals surface area contributed by atoms with Crippen LogP contribution in [0.15, 0.2) is 24.4 Å². The molecule has 0 radical (unpaired) electrons. The number of aliphatic hydroxyl groups is 1. The first kappa shape index (κ1) is 14.3. The van der Waals surface area contributed by atoms with Crippen LogP contribution in [0.5, 0.6) is 0 Å². The van der Waals surface area contributed by atoms with Crippen molar-refractivity contribution in [3.8, 4) is 0 Å². The predicted molar refractivity (Wildman–Crippen MR) is 75.8 cm³/mol. The first-order valence-electron chi connectivity index (χ1n) is 6.39. The van der Waals surface area contributed by atoms with Crippen LogP contribution in [-0.4, -0.2) is 47.5 Å². The summed E-state index contributed by atoms with van der Waals surface area (Å²) in [6.45, 7) is 1.93. The lowest BCUT2D eigenvalue weighted by Gasteiger charge is -2.13. The SMILES string of the molecule is O=C(CSCc1ccccn1)NCC1CNCC1O. The number of carbonyl (C=O) groups is 1. The number of nitrogens with zero attached hydrogens (tertiary/aromatic N) is 1. The lowest BCUT2D eigenvalue weighted by Crippen LogP contribution is -2.35. The maximum absolute atomic E-state index is 11.6. The topological polar surface area (TPSA) is 74.2 Å². The molecule has 19 heavy (non-hydrogen) atoms. The molecule has 1 aliphatic heterocycles. The fraction of sp³-hybridized carbons (Fsp3) is 0.538. The van der Waals surface area contributed by atoms with Gasteiger partial charge >= 0.3 is 0 Å². The molecule has 0 aliphatic carbocycles. The summed E-state index contributed by atoms with van der Waals surface area (Å²) in [4.78, 5) is 15.8. The van der Waals surface area contributed by atoms with Gasteiger partial charge in [0.15, 0.2) is 0 Å². The van der Waals surface area contributed by atoms with Crippen molar-refractivity contribution in [2.45, 2.75) is 11.9 Å². The molecule has 1 aromatic rings. The Hall–Kier alpha value is -1.11. The van der Waals surface area contributed by atoms with Crippen LogP contribution in [-0.2, 0) is 10.5 Å². The molecule has 0 saturated carbocycles. The van der Waals surface area contributed by atoms with Crippen LogP contribution in [0.1, 0.15) is 5.69 Å². The van der Waals surface area contributed by atoms with E-state index in [0.29, 0.717) is 18.8 Å². The third-order valence-electron chi connectivity index (χ3n) is 3.07. The van der Waals surface area contributed by atoms with Gasteiger partial charge in [-0.15, -0.1) is 11.8 Å². The summed E-state index contributed by atoms with van der Waals surface area (Å²) < 4.78 is 0. The van der Waals surface area contributed by atoms with Gasteiger partial charge in [-0.2, -0.15) is 0 Å². The highest BCUT2D eigenvalue weighted by Crippen LogP contribution is 2.10. The third kappa shape index (κ3) is 4.81. The number of rotatable bonds is 6. The monoisotopic (exact) mass is 281 g/mol. The highest BCUT2D eigenvalue weighted by atomic mass is 32.2. The molecule has 6 heteroatoms. The molecule has 1 fully saturated rings. The van der Waals surface area contributed by atoms with Gasteiger partial charge in [0.05, 0.1) is 17.6 Å². The molecule has 2 heterocycles. The molecule has 2 unspecified atom stereocenters. The normalized spacial score (nSPS) is 22.4. The van der Waals surface area contributed by atoms with E-state index in [1.807, 2.05) is 18.2 Å². The fourth-order valence-corrected chi connectivity index (χ4v) is 2.72. The molecular weight excluding hydrogens is 262 g/mol. The number of aliphatic hydroxyl groups excluding tert-OH is 1. The lowest BCUT2D eigenvalue weighted by atomic mass is 10.1. The molecule has 2 rings (SSSR count). The Bertz CT molecular complexity index is 402. The second-order valence-electron chi connectivity index (χ2n) is 4.60. The zero-order valence-corrected chi connectivity index (χ0v) is 11.5. The summed E-state index contributed by atoms with van der Waals surface area (Å²) in [5, 5.41) is 15.6. The zero-order chi connectivity index (χ0) is 13.5. The van der Waals surface area contributed by atoms with Crippen LogP contribution in [0.4, 0.5) is 0 Å². The number of β-amino-alcohol motifs (C(OH)–C–C–N with tert-alkyl or cyclic N) is 1. The van der Waals surface area contributed by atoms with Gasteiger partial charge < -0.3 is 15.7 Å². The van der Waals surface area contributed by atoms with E-state index < -0.39 is 0 Å². The molecular formula is C13H19N3O2S. The van der Waals surface area contributed by atoms with Gasteiger partial charge in [0.1, 0.15) is 0 Å². The largest absolute Gasteiger partial charge is 0.391 e. The first-order chi connectivity index (χ1) is 9.25. The van der Waals surface area contributed by atoms with Crippen molar-refractivity contribution < 1.29 is 9.90 Å². The van der Waals surface area contributed by atoms with Crippen molar-refractivity contribution in [1.82, 2.24) is 15.6 Å². The van der Waals surface area contributed by atoms with Crippen molar-refractivity contribution in [3.05, 3.63) is 30.1 Å². The second-order valence-corrected chi connectivity index (χ2v) is 5.59. The number of amides is 1. The number of hydrogen-bond donors (Lipinski definition) is 3. The highest BCUT2D eigenvalue weighted by Gasteiger charge is 2.24. The van der Waals surface area contributed by atoms with Gasteiger partial charge in [0.2, 0.25) is 5.91 Å². The summed E-state index contributed by atoms with van der Waals surface area (Å²) >= 11 is 1.55. The van der Waals surface area contributed by atoms with E-state index in [4.69, 9.17) is 0 Å². The number of hydrogen-bond acceptors (Lipinski definition) is 5. The van der Waals surface area contributed by atoms with Crippen molar-refractivity contribution in [1.29, 1.82) is 0 Å². The minimum Gasteiger partial charge on any atom is -0.391 e. The standard InChI is InChI=1S/C13H19N3O2S/c17-12-7-14-5-10(12)6-16-13(18)9-19-8-11-3-1-2-4-15-11/h1-4,10,12,14,17H,5-9H2,(H,16,18). The van der Waals surface area contributed by atoms with Gasteiger partial charge in [0.25, 0.3) is 0 Å². The van der Waals surface area contributed by atoms with Gasteiger partial charge in [-0.1, -0.05) is 6.07 Å². The van der Waals surface area contributed by atoms with E-state index in [-0.39, 0.29) is 17.9 Å². The summed E-state index contributed by atoms with van der Waals surface area (Å²) in [6.07, 6.45) is 1.41. The van der Waals surface area contributed by atoms with Crippen molar-refractivity contribution in [3.63, 3.8) is 0 Å². The van der Waals surface area contributed by atoms with E-state index in [2.05, 4.69) is 15.6 Å². The molecule has 0 bridgehead atoms. The van der Waals surface area contributed by atoms with E-state index in [1.165, 1.54) is 0 Å². The number of nitrogens with one attached hydrogen (secondary N) is 2. The average molecular weight is 281 g/mol. The van der Waals surface area contributed by atoms with Crippen molar-refractivity contribution in [2.24, 2.45) is 5.92 Å². The van der Waals surface area contributed by atoms with Gasteiger partial charge in [-0.05, 0) is 12.1 Å². The first-order valence-corrected chi connectivity index (χ1v) is 7.54. The Labute approximate surface area is 117 Å². The molecule has 0 spiro atoms. The Morgan fingerprint density at radius 3 is 3.11 bits per heavy atom. The Morgan fingerprint density at radius 2 is 2.42 bits per heavy atom. The van der Waals surface area contributed by atoms with Crippen LogP contribution >= 0.6 is 11.8 Å². The summed E-state index contributed by atoms with van der Waals surface area (Å²) in [6, 6.07) is 5.77. The molecule has 5 nitrogen and oxygen atoms in total. The van der Waals surface area contributed by atoms with Crippen LogP contribution in [0, 0.1) is 5.92 Å². The predicted octanol–water partition coefficient (Wildman–Crippen LogP) is 0.0113. The maximum Gasteiger partial charge on any atom is 0.230 e. The molecule has 1 saturated heterocycles. The number of carbonyl (C=O) groups excluding carboxylic acids is 1. The summed E-state index contributed by atoms with van der Waals surface area (Å²) in [5.41, 5.74) is 0.982. The zero-order valence-electron chi connectivity index (χ0n) is 10.7. The molecule has 1 aromatic heterocycles. The van der Waals surface area contributed by atoms with Gasteiger partial charge in [0, 0.05) is 37.5 Å². The number of pyridine rings is 1. The van der Waals surface area contributed by atoms with E-state index in [0.717, 1.165) is 18.0 Å². The van der Waals surface area contributed by atoms with Crippen LogP contribution in [0.3, 0.4) is 0 Å².